The molecule has 1 saturated heterocycles. The Balaban J connectivity index is 1.73. The lowest BCUT2D eigenvalue weighted by Crippen LogP contribution is -2.38. The number of nitrogens with zero attached hydrogens (tertiary/aromatic N) is 2. The van der Waals surface area contributed by atoms with E-state index < -0.39 is 11.0 Å². The Morgan fingerprint density at radius 1 is 1.38 bits per heavy atom. The average molecular weight is 307 g/mol. The normalized spacial score (nSPS) is 18.7. The van der Waals surface area contributed by atoms with Crippen LogP contribution >= 0.6 is 0 Å². The minimum atomic E-state index is -0.911. The molecule has 0 bridgehead atoms. The highest BCUT2D eigenvalue weighted by atomic mass is 32.2. The highest BCUT2D eigenvalue weighted by Crippen LogP contribution is 2.21. The summed E-state index contributed by atoms with van der Waals surface area (Å²) in [4.78, 5) is 18.4. The minimum Gasteiger partial charge on any atom is -0.490 e. The standard InChI is InChI=1S/C14H17N3O3S/c1-21(19)17-6-4-10(5-7-17)20-11-2-3-13-12(8-11)14(18)16-9-15-13/h2-3,8-10H,4-7H2,1H3,(H,15,16,18). The number of ether oxygens (including phenoxy) is 1. The lowest BCUT2D eigenvalue weighted by atomic mass is 10.1. The molecule has 21 heavy (non-hydrogen) atoms. The molecule has 6 nitrogen and oxygen atoms in total. The van der Waals surface area contributed by atoms with Crippen molar-refractivity contribution in [2.45, 2.75) is 18.9 Å². The zero-order valence-electron chi connectivity index (χ0n) is 11.7. The molecule has 0 saturated carbocycles. The molecule has 2 aromatic rings. The van der Waals surface area contributed by atoms with Gasteiger partial charge < -0.3 is 9.72 Å². The molecule has 1 aliphatic heterocycles. The second-order valence-electron chi connectivity index (χ2n) is 5.08. The third-order valence-corrected chi connectivity index (χ3v) is 4.77. The van der Waals surface area contributed by atoms with Crippen molar-refractivity contribution < 1.29 is 8.95 Å². The molecule has 1 unspecified atom stereocenters. The summed E-state index contributed by atoms with van der Waals surface area (Å²) in [6.07, 6.45) is 4.86. The van der Waals surface area contributed by atoms with Crippen molar-refractivity contribution >= 4 is 21.9 Å². The first-order chi connectivity index (χ1) is 10.1. The fourth-order valence-corrected chi connectivity index (χ4v) is 3.25. The monoisotopic (exact) mass is 307 g/mol. The number of H-pyrrole nitrogens is 1. The van der Waals surface area contributed by atoms with Gasteiger partial charge in [-0.25, -0.2) is 13.5 Å². The molecular formula is C14H17N3O3S. The van der Waals surface area contributed by atoms with Crippen LogP contribution in [0.15, 0.2) is 29.3 Å². The molecule has 3 rings (SSSR count). The van der Waals surface area contributed by atoms with E-state index in [0.29, 0.717) is 16.7 Å². The van der Waals surface area contributed by atoms with E-state index >= 15 is 0 Å². The van der Waals surface area contributed by atoms with Crippen molar-refractivity contribution in [2.75, 3.05) is 19.3 Å². The highest BCUT2D eigenvalue weighted by Gasteiger charge is 2.22. The molecule has 7 heteroatoms. The summed E-state index contributed by atoms with van der Waals surface area (Å²) in [5.74, 6) is 0.678. The molecular weight excluding hydrogens is 290 g/mol. The van der Waals surface area contributed by atoms with Gasteiger partial charge in [-0.15, -0.1) is 0 Å². The zero-order chi connectivity index (χ0) is 14.8. The van der Waals surface area contributed by atoms with Gasteiger partial charge in [0, 0.05) is 19.3 Å². The van der Waals surface area contributed by atoms with Crippen LogP contribution in [0.5, 0.6) is 5.75 Å². The van der Waals surface area contributed by atoms with Gasteiger partial charge in [-0.1, -0.05) is 0 Å². The number of aromatic nitrogens is 2. The van der Waals surface area contributed by atoms with Crippen LogP contribution in [0.2, 0.25) is 0 Å². The Labute approximate surface area is 124 Å². The number of rotatable bonds is 3. The number of benzene rings is 1. The lowest BCUT2D eigenvalue weighted by molar-refractivity contribution is 0.137. The second-order valence-corrected chi connectivity index (χ2v) is 6.44. The molecule has 112 valence electrons. The highest BCUT2D eigenvalue weighted by molar-refractivity contribution is 7.81. The number of aromatic amines is 1. The van der Waals surface area contributed by atoms with Crippen LogP contribution in [0.25, 0.3) is 10.9 Å². The summed E-state index contributed by atoms with van der Waals surface area (Å²) < 4.78 is 19.3. The molecule has 1 aromatic heterocycles. The lowest BCUT2D eigenvalue weighted by Gasteiger charge is -2.30. The Kier molecular flexibility index (Phi) is 4.03. The van der Waals surface area contributed by atoms with E-state index in [4.69, 9.17) is 4.74 Å². The number of hydrogen-bond acceptors (Lipinski definition) is 4. The predicted molar refractivity (Wildman–Crippen MR) is 81.7 cm³/mol. The molecule has 1 fully saturated rings. The largest absolute Gasteiger partial charge is 0.490 e. The average Bonchev–Trinajstić information content (AvgIpc) is 2.49. The summed E-state index contributed by atoms with van der Waals surface area (Å²) in [6, 6.07) is 5.35. The Morgan fingerprint density at radius 3 is 2.86 bits per heavy atom. The van der Waals surface area contributed by atoms with Crippen molar-refractivity contribution in [2.24, 2.45) is 0 Å². The van der Waals surface area contributed by atoms with Gasteiger partial charge in [0.15, 0.2) is 0 Å². The van der Waals surface area contributed by atoms with Crippen molar-refractivity contribution in [3.63, 3.8) is 0 Å². The number of fused-ring (bicyclic) bond motifs is 1. The van der Waals surface area contributed by atoms with E-state index in [1.54, 1.807) is 18.4 Å². The van der Waals surface area contributed by atoms with Crippen molar-refractivity contribution in [1.29, 1.82) is 0 Å². The van der Waals surface area contributed by atoms with E-state index in [-0.39, 0.29) is 11.7 Å². The van der Waals surface area contributed by atoms with Crippen LogP contribution in [0, 0.1) is 0 Å². The summed E-state index contributed by atoms with van der Waals surface area (Å²) in [6.45, 7) is 1.53. The van der Waals surface area contributed by atoms with Crippen LogP contribution < -0.4 is 10.3 Å². The van der Waals surface area contributed by atoms with Gasteiger partial charge >= 0.3 is 0 Å². The zero-order valence-corrected chi connectivity index (χ0v) is 12.6. The van der Waals surface area contributed by atoms with E-state index in [9.17, 15) is 9.00 Å². The first-order valence-electron chi connectivity index (χ1n) is 6.86. The van der Waals surface area contributed by atoms with Gasteiger partial charge in [0.25, 0.3) is 5.56 Å². The SMILES string of the molecule is CS(=O)N1CCC(Oc2ccc3nc[nH]c(=O)c3c2)CC1. The maximum atomic E-state index is 11.7. The quantitative estimate of drug-likeness (QED) is 0.920. The van der Waals surface area contributed by atoms with E-state index in [0.717, 1.165) is 25.9 Å². The number of nitrogens with one attached hydrogen (secondary N) is 1. The molecule has 1 aromatic carbocycles. The predicted octanol–water partition coefficient (Wildman–Crippen LogP) is 1.06. The Hall–Kier alpha value is -1.73. The Bertz CT molecular complexity index is 723. The van der Waals surface area contributed by atoms with Crippen molar-refractivity contribution in [3.05, 3.63) is 34.9 Å². The number of hydrogen-bond donors (Lipinski definition) is 1. The first-order valence-corrected chi connectivity index (χ1v) is 8.37. The van der Waals surface area contributed by atoms with Gasteiger partial charge in [0.05, 0.1) is 28.2 Å². The van der Waals surface area contributed by atoms with Gasteiger partial charge in [-0.2, -0.15) is 0 Å². The molecule has 0 radical (unpaired) electrons. The van der Waals surface area contributed by atoms with Crippen molar-refractivity contribution in [1.82, 2.24) is 14.3 Å². The number of piperidine rings is 1. The fraction of sp³-hybridized carbons (Fsp3) is 0.429. The summed E-state index contributed by atoms with van der Waals surface area (Å²) in [7, 11) is -0.911. The van der Waals surface area contributed by atoms with Crippen LogP contribution in [-0.4, -0.2) is 43.9 Å². The molecule has 2 heterocycles. The third-order valence-electron chi connectivity index (χ3n) is 3.68. The maximum Gasteiger partial charge on any atom is 0.258 e. The van der Waals surface area contributed by atoms with E-state index in [2.05, 4.69) is 9.97 Å². The van der Waals surface area contributed by atoms with E-state index in [1.807, 2.05) is 10.4 Å². The van der Waals surface area contributed by atoms with Crippen LogP contribution in [0.3, 0.4) is 0 Å². The molecule has 1 atom stereocenters. The van der Waals surface area contributed by atoms with Crippen LogP contribution in [-0.2, 0) is 11.0 Å². The van der Waals surface area contributed by atoms with Gasteiger partial charge in [-0.3, -0.25) is 4.79 Å². The summed E-state index contributed by atoms with van der Waals surface area (Å²) in [5.41, 5.74) is 0.490. The molecule has 0 spiro atoms. The third kappa shape index (κ3) is 3.14. The first kappa shape index (κ1) is 14.2. The second kappa shape index (κ2) is 5.95. The Morgan fingerprint density at radius 2 is 2.14 bits per heavy atom. The maximum absolute atomic E-state index is 11.7. The molecule has 1 aliphatic rings. The summed E-state index contributed by atoms with van der Waals surface area (Å²) in [5, 5.41) is 0.530. The van der Waals surface area contributed by atoms with Crippen molar-refractivity contribution in [3.8, 4) is 5.75 Å². The minimum absolute atomic E-state index is 0.0954. The van der Waals surface area contributed by atoms with E-state index in [1.165, 1.54) is 6.33 Å². The van der Waals surface area contributed by atoms with Gasteiger partial charge in [-0.05, 0) is 31.0 Å². The fourth-order valence-electron chi connectivity index (χ4n) is 2.52. The molecule has 1 N–H and O–H groups in total. The van der Waals surface area contributed by atoms with Crippen LogP contribution in [0.4, 0.5) is 0 Å². The smallest absolute Gasteiger partial charge is 0.258 e. The topological polar surface area (TPSA) is 75.3 Å². The summed E-state index contributed by atoms with van der Waals surface area (Å²) >= 11 is 0. The van der Waals surface area contributed by atoms with Crippen LogP contribution in [0.1, 0.15) is 12.8 Å². The van der Waals surface area contributed by atoms with Gasteiger partial charge in [0.2, 0.25) is 0 Å². The van der Waals surface area contributed by atoms with Gasteiger partial charge in [0.1, 0.15) is 11.9 Å². The molecule has 0 amide bonds. The molecule has 0 aliphatic carbocycles.